The van der Waals surface area contributed by atoms with E-state index >= 15 is 0 Å². The van der Waals surface area contributed by atoms with Gasteiger partial charge in [0.25, 0.3) is 0 Å². The van der Waals surface area contributed by atoms with Gasteiger partial charge in [-0.05, 0) is 36.2 Å². The van der Waals surface area contributed by atoms with Gasteiger partial charge in [-0.15, -0.1) is 0 Å². The van der Waals surface area contributed by atoms with Gasteiger partial charge in [0.1, 0.15) is 0 Å². The molecule has 0 radical (unpaired) electrons. The monoisotopic (exact) mass is 246 g/mol. The molecule has 0 saturated heterocycles. The lowest BCUT2D eigenvalue weighted by Crippen LogP contribution is -2.26. The zero-order chi connectivity index (χ0) is 11.8. The second kappa shape index (κ2) is 4.21. The Labute approximate surface area is 106 Å². The molecule has 0 aliphatic carbocycles. The summed E-state index contributed by atoms with van der Waals surface area (Å²) in [6, 6.07) is 12.4. The molecule has 0 bridgehead atoms. The van der Waals surface area contributed by atoms with Gasteiger partial charge in [0.15, 0.2) is 0 Å². The summed E-state index contributed by atoms with van der Waals surface area (Å²) < 4.78 is 2.26. The Morgan fingerprint density at radius 2 is 1.94 bits per heavy atom. The Balaban J connectivity index is 1.90. The van der Waals surface area contributed by atoms with E-state index in [9.17, 15) is 0 Å². The van der Waals surface area contributed by atoms with Crippen LogP contribution < -0.4 is 5.73 Å². The van der Waals surface area contributed by atoms with Gasteiger partial charge in [0.05, 0.1) is 0 Å². The minimum absolute atomic E-state index is 0.138. The van der Waals surface area contributed by atoms with Crippen molar-refractivity contribution in [1.82, 2.24) is 4.57 Å². The average Bonchev–Trinajstić information content (AvgIpc) is 2.78. The quantitative estimate of drug-likeness (QED) is 0.822. The summed E-state index contributed by atoms with van der Waals surface area (Å²) in [5.74, 6) is 0.488. The predicted molar refractivity (Wildman–Crippen MR) is 70.2 cm³/mol. The molecular formula is C14H15ClN2. The van der Waals surface area contributed by atoms with Gasteiger partial charge < -0.3 is 10.3 Å². The summed E-state index contributed by atoms with van der Waals surface area (Å²) in [7, 11) is 0. The topological polar surface area (TPSA) is 30.9 Å². The van der Waals surface area contributed by atoms with Crippen molar-refractivity contribution < 1.29 is 0 Å². The molecular weight excluding hydrogens is 232 g/mol. The molecule has 2 N–H and O–H groups in total. The summed E-state index contributed by atoms with van der Waals surface area (Å²) in [6.45, 7) is 1.01. The maximum absolute atomic E-state index is 6.20. The Morgan fingerprint density at radius 1 is 1.18 bits per heavy atom. The summed E-state index contributed by atoms with van der Waals surface area (Å²) >= 11 is 5.91. The fourth-order valence-corrected chi connectivity index (χ4v) is 2.77. The summed E-state index contributed by atoms with van der Waals surface area (Å²) in [6.07, 6.45) is 3.11. The Bertz CT molecular complexity index is 515. The van der Waals surface area contributed by atoms with E-state index in [4.69, 9.17) is 17.3 Å². The number of benzene rings is 1. The van der Waals surface area contributed by atoms with E-state index in [0.29, 0.717) is 5.92 Å². The van der Waals surface area contributed by atoms with Crippen molar-refractivity contribution in [2.24, 2.45) is 5.73 Å². The van der Waals surface area contributed by atoms with Crippen LogP contribution in [0.15, 0.2) is 42.6 Å². The number of hydrogen-bond acceptors (Lipinski definition) is 1. The van der Waals surface area contributed by atoms with Crippen LogP contribution in [-0.2, 0) is 6.54 Å². The normalized spacial score (nSPS) is 23.4. The van der Waals surface area contributed by atoms with Crippen molar-refractivity contribution in [1.29, 1.82) is 0 Å². The molecule has 1 aromatic carbocycles. The van der Waals surface area contributed by atoms with Crippen molar-refractivity contribution in [3.05, 3.63) is 58.9 Å². The van der Waals surface area contributed by atoms with E-state index in [-0.39, 0.29) is 6.04 Å². The fraction of sp³-hybridized carbons (Fsp3) is 0.286. The first-order valence-corrected chi connectivity index (χ1v) is 6.28. The highest BCUT2D eigenvalue weighted by Crippen LogP contribution is 2.34. The van der Waals surface area contributed by atoms with Gasteiger partial charge in [-0.2, -0.15) is 0 Å². The standard InChI is InChI=1S/C14H15ClN2/c15-12-5-3-10(4-6-12)11-8-13(16)14-2-1-7-17(14)9-11/h1-7,11,13H,8-9,16H2/t11-,13+/m0/s1. The Morgan fingerprint density at radius 3 is 2.71 bits per heavy atom. The summed E-state index contributed by atoms with van der Waals surface area (Å²) in [4.78, 5) is 0. The molecule has 2 aromatic rings. The van der Waals surface area contributed by atoms with Gasteiger partial charge in [-0.3, -0.25) is 0 Å². The Kier molecular flexibility index (Phi) is 2.69. The number of rotatable bonds is 1. The highest BCUT2D eigenvalue weighted by Gasteiger charge is 2.24. The van der Waals surface area contributed by atoms with Crippen LogP contribution in [0.4, 0.5) is 0 Å². The lowest BCUT2D eigenvalue weighted by molar-refractivity contribution is 0.408. The van der Waals surface area contributed by atoms with E-state index in [1.807, 2.05) is 12.1 Å². The first kappa shape index (κ1) is 10.9. The van der Waals surface area contributed by atoms with Gasteiger partial charge in [-0.25, -0.2) is 0 Å². The van der Waals surface area contributed by atoms with Crippen molar-refractivity contribution >= 4 is 11.6 Å². The molecule has 3 rings (SSSR count). The molecule has 3 heteroatoms. The smallest absolute Gasteiger partial charge is 0.0456 e. The maximum atomic E-state index is 6.20. The maximum Gasteiger partial charge on any atom is 0.0456 e. The van der Waals surface area contributed by atoms with Crippen molar-refractivity contribution in [2.45, 2.75) is 24.9 Å². The molecule has 1 aromatic heterocycles. The molecule has 0 spiro atoms. The fourth-order valence-electron chi connectivity index (χ4n) is 2.65. The molecule has 2 atom stereocenters. The molecule has 17 heavy (non-hydrogen) atoms. The van der Waals surface area contributed by atoms with Crippen LogP contribution in [0.2, 0.25) is 5.02 Å². The van der Waals surface area contributed by atoms with Crippen LogP contribution in [0, 0.1) is 0 Å². The highest BCUT2D eigenvalue weighted by molar-refractivity contribution is 6.30. The molecule has 1 aliphatic heterocycles. The lowest BCUT2D eigenvalue weighted by Gasteiger charge is -2.29. The van der Waals surface area contributed by atoms with Gasteiger partial charge in [0.2, 0.25) is 0 Å². The third kappa shape index (κ3) is 1.99. The Hall–Kier alpha value is -1.25. The lowest BCUT2D eigenvalue weighted by atomic mass is 9.88. The van der Waals surface area contributed by atoms with Crippen LogP contribution in [0.3, 0.4) is 0 Å². The van der Waals surface area contributed by atoms with E-state index in [1.165, 1.54) is 11.3 Å². The summed E-state index contributed by atoms with van der Waals surface area (Å²) in [5.41, 5.74) is 8.77. The molecule has 0 unspecified atom stereocenters. The van der Waals surface area contributed by atoms with E-state index < -0.39 is 0 Å². The van der Waals surface area contributed by atoms with Crippen LogP contribution in [0.5, 0.6) is 0 Å². The van der Waals surface area contributed by atoms with Crippen LogP contribution in [-0.4, -0.2) is 4.57 Å². The second-order valence-electron chi connectivity index (χ2n) is 4.68. The molecule has 2 nitrogen and oxygen atoms in total. The third-order valence-corrected chi connectivity index (χ3v) is 3.79. The summed E-state index contributed by atoms with van der Waals surface area (Å²) in [5, 5.41) is 0.788. The highest BCUT2D eigenvalue weighted by atomic mass is 35.5. The molecule has 88 valence electrons. The molecule has 0 amide bonds. The zero-order valence-corrected chi connectivity index (χ0v) is 10.3. The van der Waals surface area contributed by atoms with Gasteiger partial charge in [0, 0.05) is 35.4 Å². The van der Waals surface area contributed by atoms with E-state index in [1.54, 1.807) is 0 Å². The van der Waals surface area contributed by atoms with Gasteiger partial charge >= 0.3 is 0 Å². The second-order valence-corrected chi connectivity index (χ2v) is 5.11. The largest absolute Gasteiger partial charge is 0.349 e. The number of nitrogens with zero attached hydrogens (tertiary/aromatic N) is 1. The van der Waals surface area contributed by atoms with Crippen molar-refractivity contribution in [3.8, 4) is 0 Å². The number of nitrogens with two attached hydrogens (primary N) is 1. The first-order valence-electron chi connectivity index (χ1n) is 5.90. The molecule has 0 saturated carbocycles. The molecule has 2 heterocycles. The van der Waals surface area contributed by atoms with Crippen LogP contribution >= 0.6 is 11.6 Å². The number of hydrogen-bond donors (Lipinski definition) is 1. The minimum Gasteiger partial charge on any atom is -0.349 e. The predicted octanol–water partition coefficient (Wildman–Crippen LogP) is 3.33. The molecule has 1 aliphatic rings. The minimum atomic E-state index is 0.138. The molecule has 0 fully saturated rings. The third-order valence-electron chi connectivity index (χ3n) is 3.54. The van der Waals surface area contributed by atoms with Crippen molar-refractivity contribution in [3.63, 3.8) is 0 Å². The number of aromatic nitrogens is 1. The van der Waals surface area contributed by atoms with Crippen LogP contribution in [0.1, 0.15) is 29.6 Å². The van der Waals surface area contributed by atoms with E-state index in [0.717, 1.165) is 18.0 Å². The SMILES string of the molecule is N[C@@H]1C[C@H](c2ccc(Cl)cc2)Cn2cccc21. The van der Waals surface area contributed by atoms with Gasteiger partial charge in [-0.1, -0.05) is 23.7 Å². The number of halogens is 1. The first-order chi connectivity index (χ1) is 8.24. The van der Waals surface area contributed by atoms with E-state index in [2.05, 4.69) is 35.0 Å². The van der Waals surface area contributed by atoms with Crippen LogP contribution in [0.25, 0.3) is 0 Å². The number of fused-ring (bicyclic) bond motifs is 1. The van der Waals surface area contributed by atoms with Crippen molar-refractivity contribution in [2.75, 3.05) is 0 Å². The average molecular weight is 247 g/mol. The zero-order valence-electron chi connectivity index (χ0n) is 9.51.